The van der Waals surface area contributed by atoms with E-state index in [1.54, 1.807) is 0 Å². The molecular weight excluding hydrogens is 275 g/mol. The lowest BCUT2D eigenvalue weighted by Crippen LogP contribution is -2.35. The van der Waals surface area contributed by atoms with Gasteiger partial charge < -0.3 is 10.4 Å². The van der Waals surface area contributed by atoms with Crippen molar-refractivity contribution in [1.29, 1.82) is 0 Å². The molecule has 0 radical (unpaired) electrons. The van der Waals surface area contributed by atoms with Crippen LogP contribution in [0.15, 0.2) is 24.3 Å². The summed E-state index contributed by atoms with van der Waals surface area (Å²) in [6.45, 7) is 1.89. The average molecular weight is 294 g/mol. The number of urea groups is 1. The van der Waals surface area contributed by atoms with Crippen LogP contribution >= 0.6 is 0 Å². The first kappa shape index (κ1) is 15.4. The van der Waals surface area contributed by atoms with Crippen molar-refractivity contribution in [3.63, 3.8) is 0 Å². The predicted octanol–water partition coefficient (Wildman–Crippen LogP) is 1.97. The minimum Gasteiger partial charge on any atom is -0.387 e. The Morgan fingerprint density at radius 2 is 2.00 bits per heavy atom. The van der Waals surface area contributed by atoms with Gasteiger partial charge in [0.15, 0.2) is 0 Å². The van der Waals surface area contributed by atoms with Crippen molar-refractivity contribution in [2.24, 2.45) is 0 Å². The Labute approximate surface area is 122 Å². The summed E-state index contributed by atoms with van der Waals surface area (Å²) in [4.78, 5) is 24.9. The highest BCUT2D eigenvalue weighted by Crippen LogP contribution is 2.19. The molecule has 6 heteroatoms. The number of carbonyl (C=O) groups is 2. The number of unbranched alkanes of at least 4 members (excludes halogenated alkanes) is 1. The second-order valence-electron chi connectivity index (χ2n) is 5.16. The second kappa shape index (κ2) is 6.67. The highest BCUT2D eigenvalue weighted by Gasteiger charge is 2.38. The molecule has 21 heavy (non-hydrogen) atoms. The Hall–Kier alpha value is -1.95. The molecule has 0 saturated carbocycles. The fourth-order valence-corrected chi connectivity index (χ4v) is 2.32. The summed E-state index contributed by atoms with van der Waals surface area (Å²) in [6.07, 6.45) is 1.37. The minimum absolute atomic E-state index is 0.126. The van der Waals surface area contributed by atoms with Gasteiger partial charge in [0.1, 0.15) is 11.9 Å². The number of imide groups is 1. The lowest BCUT2D eigenvalue weighted by molar-refractivity contribution is -0.128. The number of β-amino-alcohol motifs (C(OH)–C–C–N with tert-alkyl or cyclic N) is 1. The maximum atomic E-state index is 12.8. The first-order valence-electron chi connectivity index (χ1n) is 7.08. The van der Waals surface area contributed by atoms with E-state index in [0.717, 1.165) is 17.7 Å². The van der Waals surface area contributed by atoms with E-state index >= 15 is 0 Å². The van der Waals surface area contributed by atoms with E-state index < -0.39 is 24.0 Å². The van der Waals surface area contributed by atoms with E-state index in [1.807, 2.05) is 6.92 Å². The lowest BCUT2D eigenvalue weighted by atomic mass is 10.1. The van der Waals surface area contributed by atoms with Crippen LogP contribution in [0.3, 0.4) is 0 Å². The normalized spacial score (nSPS) is 19.8. The number of hydrogen-bond donors (Lipinski definition) is 2. The van der Waals surface area contributed by atoms with E-state index in [0.29, 0.717) is 12.0 Å². The van der Waals surface area contributed by atoms with Crippen LogP contribution in [0.1, 0.15) is 37.9 Å². The molecule has 0 aromatic heterocycles. The second-order valence-corrected chi connectivity index (χ2v) is 5.16. The van der Waals surface area contributed by atoms with E-state index in [1.165, 1.54) is 24.3 Å². The van der Waals surface area contributed by atoms with Gasteiger partial charge in [-0.3, -0.25) is 9.69 Å². The molecule has 0 spiro atoms. The summed E-state index contributed by atoms with van der Waals surface area (Å²) >= 11 is 0. The summed E-state index contributed by atoms with van der Waals surface area (Å²) in [7, 11) is 0. The molecule has 5 nitrogen and oxygen atoms in total. The molecule has 1 aromatic rings. The minimum atomic E-state index is -1.02. The first-order valence-corrected chi connectivity index (χ1v) is 7.08. The number of benzene rings is 1. The summed E-state index contributed by atoms with van der Waals surface area (Å²) in [5.74, 6) is -0.713. The molecule has 2 rings (SSSR count). The summed E-state index contributed by atoms with van der Waals surface area (Å²) in [6, 6.07) is 4.35. The Balaban J connectivity index is 2.00. The maximum absolute atomic E-state index is 12.8. The highest BCUT2D eigenvalue weighted by atomic mass is 19.1. The average Bonchev–Trinajstić information content (AvgIpc) is 2.73. The standard InChI is InChI=1S/C15H19FN2O3/c1-2-3-4-12-14(20)18(15(21)17-12)9-13(19)10-5-7-11(16)8-6-10/h5-8,12-13,19H,2-4,9H2,1H3,(H,17,21). The maximum Gasteiger partial charge on any atom is 0.324 e. The number of hydrogen-bond acceptors (Lipinski definition) is 3. The van der Waals surface area contributed by atoms with Gasteiger partial charge in [-0.05, 0) is 24.1 Å². The monoisotopic (exact) mass is 294 g/mol. The van der Waals surface area contributed by atoms with Gasteiger partial charge in [-0.15, -0.1) is 0 Å². The number of amides is 3. The molecule has 114 valence electrons. The molecule has 2 N–H and O–H groups in total. The summed E-state index contributed by atoms with van der Waals surface area (Å²) < 4.78 is 12.8. The zero-order chi connectivity index (χ0) is 15.4. The number of nitrogens with zero attached hydrogens (tertiary/aromatic N) is 1. The fraction of sp³-hybridized carbons (Fsp3) is 0.467. The number of rotatable bonds is 6. The van der Waals surface area contributed by atoms with Crippen molar-refractivity contribution in [2.75, 3.05) is 6.54 Å². The number of halogens is 1. The van der Waals surface area contributed by atoms with Gasteiger partial charge in [-0.25, -0.2) is 9.18 Å². The van der Waals surface area contributed by atoms with Crippen LogP contribution in [-0.2, 0) is 4.79 Å². The van der Waals surface area contributed by atoms with Crippen molar-refractivity contribution in [2.45, 2.75) is 38.3 Å². The Morgan fingerprint density at radius 3 is 2.62 bits per heavy atom. The summed E-state index contributed by atoms with van der Waals surface area (Å²) in [5, 5.41) is 12.7. The van der Waals surface area contributed by atoms with Crippen molar-refractivity contribution in [1.82, 2.24) is 10.2 Å². The molecule has 3 amide bonds. The van der Waals surface area contributed by atoms with Gasteiger partial charge in [0.05, 0.1) is 12.6 Å². The van der Waals surface area contributed by atoms with Gasteiger partial charge in [0, 0.05) is 0 Å². The fourth-order valence-electron chi connectivity index (χ4n) is 2.32. The van der Waals surface area contributed by atoms with E-state index in [4.69, 9.17) is 0 Å². The molecule has 2 unspecified atom stereocenters. The van der Waals surface area contributed by atoms with Crippen molar-refractivity contribution >= 4 is 11.9 Å². The largest absolute Gasteiger partial charge is 0.387 e. The first-order chi connectivity index (χ1) is 10.0. The van der Waals surface area contributed by atoms with Crippen LogP contribution in [0.25, 0.3) is 0 Å². The van der Waals surface area contributed by atoms with Gasteiger partial charge >= 0.3 is 6.03 Å². The molecule has 1 fully saturated rings. The van der Waals surface area contributed by atoms with Gasteiger partial charge in [0.25, 0.3) is 5.91 Å². The van der Waals surface area contributed by atoms with Crippen LogP contribution in [0.2, 0.25) is 0 Å². The quantitative estimate of drug-likeness (QED) is 0.788. The van der Waals surface area contributed by atoms with E-state index in [2.05, 4.69) is 5.32 Å². The topological polar surface area (TPSA) is 69.6 Å². The third-order valence-electron chi connectivity index (χ3n) is 3.56. The SMILES string of the molecule is CCCCC1NC(=O)N(CC(O)c2ccc(F)cc2)C1=O. The number of carbonyl (C=O) groups excluding carboxylic acids is 2. The lowest BCUT2D eigenvalue weighted by Gasteiger charge is -2.18. The van der Waals surface area contributed by atoms with Gasteiger partial charge in [-0.1, -0.05) is 31.9 Å². The van der Waals surface area contributed by atoms with Gasteiger partial charge in [0.2, 0.25) is 0 Å². The highest BCUT2D eigenvalue weighted by molar-refractivity contribution is 6.04. The van der Waals surface area contributed by atoms with Crippen LogP contribution < -0.4 is 5.32 Å². The molecular formula is C15H19FN2O3. The Bertz CT molecular complexity index is 518. The Morgan fingerprint density at radius 1 is 1.33 bits per heavy atom. The molecule has 1 heterocycles. The molecule has 1 aliphatic rings. The van der Waals surface area contributed by atoms with Crippen LogP contribution in [0.5, 0.6) is 0 Å². The van der Waals surface area contributed by atoms with Crippen molar-refractivity contribution < 1.29 is 19.1 Å². The summed E-state index contributed by atoms with van der Waals surface area (Å²) in [5.41, 5.74) is 0.467. The zero-order valence-electron chi connectivity index (χ0n) is 11.9. The molecule has 1 aromatic carbocycles. The van der Waals surface area contributed by atoms with Crippen LogP contribution in [-0.4, -0.2) is 34.5 Å². The third-order valence-corrected chi connectivity index (χ3v) is 3.56. The molecule has 0 aliphatic carbocycles. The number of aliphatic hydroxyl groups excluding tert-OH is 1. The molecule has 1 aliphatic heterocycles. The smallest absolute Gasteiger partial charge is 0.324 e. The van der Waals surface area contributed by atoms with E-state index in [-0.39, 0.29) is 12.5 Å². The van der Waals surface area contributed by atoms with E-state index in [9.17, 15) is 19.1 Å². The Kier molecular flexibility index (Phi) is 4.90. The predicted molar refractivity (Wildman–Crippen MR) is 74.9 cm³/mol. The molecule has 1 saturated heterocycles. The zero-order valence-corrected chi connectivity index (χ0v) is 11.9. The molecule has 2 atom stereocenters. The van der Waals surface area contributed by atoms with Crippen molar-refractivity contribution in [3.8, 4) is 0 Å². The molecule has 0 bridgehead atoms. The van der Waals surface area contributed by atoms with Crippen LogP contribution in [0, 0.1) is 5.82 Å². The van der Waals surface area contributed by atoms with Crippen LogP contribution in [0.4, 0.5) is 9.18 Å². The number of nitrogens with one attached hydrogen (secondary N) is 1. The number of aliphatic hydroxyl groups is 1. The van der Waals surface area contributed by atoms with Crippen molar-refractivity contribution in [3.05, 3.63) is 35.6 Å². The third kappa shape index (κ3) is 3.58. The van der Waals surface area contributed by atoms with Gasteiger partial charge in [-0.2, -0.15) is 0 Å².